The summed E-state index contributed by atoms with van der Waals surface area (Å²) in [5.74, 6) is 0.653. The zero-order chi connectivity index (χ0) is 43.1. The van der Waals surface area contributed by atoms with Crippen molar-refractivity contribution in [2.75, 3.05) is 4.90 Å². The molecule has 2 aromatic heterocycles. The summed E-state index contributed by atoms with van der Waals surface area (Å²) in [6, 6.07) is 59.8. The SMILES string of the molecule is Cn1c2ccccc2c2cc(-c3cc4c(oc5ccccc54)c4c3C(C)(C)c3cc(N(c5ccc(C6CCCCC6)cc5)c5ccc6c(c5)C(C)(C)c5ccccc5-6)ccc3-4)ccc21. The van der Waals surface area contributed by atoms with E-state index < -0.39 is 0 Å². The number of fused-ring (bicyclic) bond motifs is 13. The number of benzene rings is 8. The summed E-state index contributed by atoms with van der Waals surface area (Å²) in [6.07, 6.45) is 6.61. The van der Waals surface area contributed by atoms with Crippen molar-refractivity contribution in [2.24, 2.45) is 7.05 Å². The minimum atomic E-state index is -0.338. The van der Waals surface area contributed by atoms with E-state index in [4.69, 9.17) is 4.42 Å². The van der Waals surface area contributed by atoms with E-state index in [0.717, 1.165) is 27.6 Å². The summed E-state index contributed by atoms with van der Waals surface area (Å²) in [7, 11) is 2.18. The lowest BCUT2D eigenvalue weighted by Gasteiger charge is -2.30. The first kappa shape index (κ1) is 37.7. The van der Waals surface area contributed by atoms with Crippen LogP contribution in [0, 0.1) is 0 Å². The van der Waals surface area contributed by atoms with Crippen LogP contribution in [0.3, 0.4) is 0 Å². The molecule has 3 aliphatic rings. The summed E-state index contributed by atoms with van der Waals surface area (Å²) < 4.78 is 9.24. The highest BCUT2D eigenvalue weighted by Gasteiger charge is 2.41. The van der Waals surface area contributed by atoms with Gasteiger partial charge in [0.1, 0.15) is 11.2 Å². The first-order chi connectivity index (χ1) is 31.2. The van der Waals surface area contributed by atoms with Gasteiger partial charge in [0, 0.05) is 73.1 Å². The summed E-state index contributed by atoms with van der Waals surface area (Å²) in [6.45, 7) is 9.62. The molecule has 0 saturated heterocycles. The van der Waals surface area contributed by atoms with Crippen LogP contribution in [0.2, 0.25) is 0 Å². The molecule has 0 N–H and O–H groups in total. The van der Waals surface area contributed by atoms with Crippen molar-refractivity contribution in [3.05, 3.63) is 186 Å². The van der Waals surface area contributed by atoms with E-state index in [1.165, 1.54) is 126 Å². The van der Waals surface area contributed by atoms with E-state index in [1.54, 1.807) is 0 Å². The third-order valence-corrected chi connectivity index (χ3v) is 15.8. The first-order valence-corrected chi connectivity index (χ1v) is 23.4. The fourth-order valence-electron chi connectivity index (χ4n) is 12.5. The van der Waals surface area contributed by atoms with Crippen LogP contribution in [0.25, 0.3) is 77.1 Å². The van der Waals surface area contributed by atoms with Crippen molar-refractivity contribution in [1.82, 2.24) is 4.57 Å². The number of anilines is 3. The summed E-state index contributed by atoms with van der Waals surface area (Å²) in [5.41, 5.74) is 22.0. The first-order valence-electron chi connectivity index (χ1n) is 23.4. The molecular weight excluding hydrogens is 777 g/mol. The van der Waals surface area contributed by atoms with Crippen LogP contribution < -0.4 is 4.90 Å². The highest BCUT2D eigenvalue weighted by Crippen LogP contribution is 2.58. The van der Waals surface area contributed by atoms with Crippen molar-refractivity contribution in [3.63, 3.8) is 0 Å². The maximum atomic E-state index is 6.92. The van der Waals surface area contributed by atoms with Crippen LogP contribution >= 0.6 is 0 Å². The molecule has 8 aromatic carbocycles. The standard InChI is InChI=1S/C61H52N2O/c1-60(2)51-20-12-9-17-43(51)44-30-28-41(34-52(44)60)63(40-26-23-38(24-27-40)37-15-7-6-8-16-37)42-29-31-47-53(35-42)61(3,4)58-48(36-50-46-19-11-14-22-56(46)64-59(50)57(47)58)39-25-32-55-49(33-39)45-18-10-13-21-54(45)62(55)5/h9-14,17-37H,6-8,15-16H2,1-5H3. The van der Waals surface area contributed by atoms with Gasteiger partial charge < -0.3 is 13.9 Å². The summed E-state index contributed by atoms with van der Waals surface area (Å²) >= 11 is 0. The predicted octanol–water partition coefficient (Wildman–Crippen LogP) is 17.0. The molecule has 0 atom stereocenters. The highest BCUT2D eigenvalue weighted by atomic mass is 16.3. The molecule has 0 aliphatic heterocycles. The van der Waals surface area contributed by atoms with Gasteiger partial charge >= 0.3 is 0 Å². The maximum Gasteiger partial charge on any atom is 0.143 e. The number of furan rings is 1. The molecule has 2 heterocycles. The van der Waals surface area contributed by atoms with Gasteiger partial charge in [-0.1, -0.05) is 138 Å². The van der Waals surface area contributed by atoms with Gasteiger partial charge in [-0.25, -0.2) is 0 Å². The lowest BCUT2D eigenvalue weighted by Crippen LogP contribution is -2.18. The molecule has 3 heteroatoms. The minimum absolute atomic E-state index is 0.108. The van der Waals surface area contributed by atoms with Gasteiger partial charge in [0.2, 0.25) is 0 Å². The largest absolute Gasteiger partial charge is 0.455 e. The number of para-hydroxylation sites is 2. The van der Waals surface area contributed by atoms with E-state index in [0.29, 0.717) is 5.92 Å². The Bertz CT molecular complexity index is 3550. The number of rotatable bonds is 5. The average Bonchev–Trinajstić information content (AvgIpc) is 3.99. The molecule has 1 fully saturated rings. The highest BCUT2D eigenvalue weighted by molar-refractivity contribution is 6.15. The Morgan fingerprint density at radius 1 is 0.500 bits per heavy atom. The lowest BCUT2D eigenvalue weighted by molar-refractivity contribution is 0.443. The topological polar surface area (TPSA) is 21.3 Å². The van der Waals surface area contributed by atoms with E-state index in [9.17, 15) is 0 Å². The van der Waals surface area contributed by atoms with Crippen LogP contribution in [0.1, 0.15) is 93.5 Å². The van der Waals surface area contributed by atoms with E-state index in [2.05, 4.69) is 202 Å². The third kappa shape index (κ3) is 5.27. The third-order valence-electron chi connectivity index (χ3n) is 15.8. The van der Waals surface area contributed by atoms with Crippen molar-refractivity contribution in [2.45, 2.75) is 76.5 Å². The zero-order valence-corrected chi connectivity index (χ0v) is 37.4. The second kappa shape index (κ2) is 13.6. The second-order valence-corrected chi connectivity index (χ2v) is 20.0. The van der Waals surface area contributed by atoms with Gasteiger partial charge in [-0.15, -0.1) is 0 Å². The molecule has 3 nitrogen and oxygen atoms in total. The molecule has 312 valence electrons. The Balaban J connectivity index is 1.01. The fraction of sp³-hybridized carbons (Fsp3) is 0.213. The van der Waals surface area contributed by atoms with Crippen LogP contribution in [-0.2, 0) is 17.9 Å². The quantitative estimate of drug-likeness (QED) is 0.172. The molecule has 0 radical (unpaired) electrons. The van der Waals surface area contributed by atoms with Crippen LogP contribution in [0.4, 0.5) is 17.1 Å². The molecule has 10 aromatic rings. The van der Waals surface area contributed by atoms with E-state index >= 15 is 0 Å². The van der Waals surface area contributed by atoms with Crippen LogP contribution in [-0.4, -0.2) is 4.57 Å². The smallest absolute Gasteiger partial charge is 0.143 e. The normalized spacial score (nSPS) is 16.1. The Hall–Kier alpha value is -6.84. The summed E-state index contributed by atoms with van der Waals surface area (Å²) in [5, 5.41) is 4.88. The number of aryl methyl sites for hydroxylation is 1. The second-order valence-electron chi connectivity index (χ2n) is 20.0. The Labute approximate surface area is 375 Å². The molecule has 13 rings (SSSR count). The number of aromatic nitrogens is 1. The van der Waals surface area contributed by atoms with Crippen molar-refractivity contribution < 1.29 is 4.42 Å². The molecule has 1 saturated carbocycles. The number of nitrogens with zero attached hydrogens (tertiary/aromatic N) is 2. The zero-order valence-electron chi connectivity index (χ0n) is 37.4. The van der Waals surface area contributed by atoms with Crippen LogP contribution in [0.5, 0.6) is 0 Å². The Kier molecular flexibility index (Phi) is 8.00. The monoisotopic (exact) mass is 828 g/mol. The van der Waals surface area contributed by atoms with E-state index in [-0.39, 0.29) is 10.8 Å². The van der Waals surface area contributed by atoms with Gasteiger partial charge in [0.15, 0.2) is 0 Å². The van der Waals surface area contributed by atoms with Gasteiger partial charge in [-0.3, -0.25) is 0 Å². The maximum absolute atomic E-state index is 6.92. The van der Waals surface area contributed by atoms with Crippen molar-refractivity contribution in [1.29, 1.82) is 0 Å². The van der Waals surface area contributed by atoms with Gasteiger partial charge in [-0.2, -0.15) is 0 Å². The van der Waals surface area contributed by atoms with Gasteiger partial charge in [0.25, 0.3) is 0 Å². The molecular formula is C61H52N2O. The Morgan fingerprint density at radius 3 is 1.94 bits per heavy atom. The molecule has 0 spiro atoms. The average molecular weight is 829 g/mol. The number of hydrogen-bond donors (Lipinski definition) is 0. The van der Waals surface area contributed by atoms with E-state index in [1.807, 2.05) is 0 Å². The minimum Gasteiger partial charge on any atom is -0.455 e. The lowest BCUT2D eigenvalue weighted by atomic mass is 9.78. The Morgan fingerprint density at radius 2 is 1.14 bits per heavy atom. The molecule has 0 amide bonds. The molecule has 3 aliphatic carbocycles. The molecule has 0 unspecified atom stereocenters. The van der Waals surface area contributed by atoms with Crippen molar-refractivity contribution in [3.8, 4) is 33.4 Å². The fourth-order valence-corrected chi connectivity index (χ4v) is 12.5. The van der Waals surface area contributed by atoms with Crippen LogP contribution in [0.15, 0.2) is 162 Å². The van der Waals surface area contributed by atoms with Gasteiger partial charge in [0.05, 0.1) is 0 Å². The predicted molar refractivity (Wildman–Crippen MR) is 269 cm³/mol. The number of hydrogen-bond acceptors (Lipinski definition) is 2. The molecule has 64 heavy (non-hydrogen) atoms. The van der Waals surface area contributed by atoms with Gasteiger partial charge in [-0.05, 0) is 141 Å². The van der Waals surface area contributed by atoms with Crippen molar-refractivity contribution >= 4 is 60.8 Å². The molecule has 0 bridgehead atoms. The summed E-state index contributed by atoms with van der Waals surface area (Å²) in [4.78, 5) is 2.51.